The maximum Gasteiger partial charge on any atom is 0.193 e. The van der Waals surface area contributed by atoms with Gasteiger partial charge in [0.25, 0.3) is 0 Å². The van der Waals surface area contributed by atoms with Crippen LogP contribution in [0.2, 0.25) is 0 Å². The zero-order chi connectivity index (χ0) is 13.9. The fraction of sp³-hybridized carbons (Fsp3) is 0.688. The van der Waals surface area contributed by atoms with E-state index in [2.05, 4.69) is 41.3 Å². The van der Waals surface area contributed by atoms with Gasteiger partial charge in [0.1, 0.15) is 0 Å². The molecule has 20 heavy (non-hydrogen) atoms. The minimum atomic E-state index is 0.593. The Kier molecular flexibility index (Phi) is 4.41. The lowest BCUT2D eigenvalue weighted by Gasteiger charge is -2.32. The SMILES string of the molecule is CC(C)NCC1CCCCC1Cc1cn2ccsc2n1. The Bertz CT molecular complexity index is 514. The van der Waals surface area contributed by atoms with Crippen LogP contribution >= 0.6 is 11.3 Å². The molecule has 2 atom stereocenters. The summed E-state index contributed by atoms with van der Waals surface area (Å²) in [6.07, 6.45) is 11.0. The number of nitrogens with zero attached hydrogens (tertiary/aromatic N) is 2. The number of hydrogen-bond donors (Lipinski definition) is 1. The van der Waals surface area contributed by atoms with Gasteiger partial charge in [-0.1, -0.05) is 26.7 Å². The lowest BCUT2D eigenvalue weighted by molar-refractivity contribution is 0.223. The van der Waals surface area contributed by atoms with E-state index in [0.717, 1.165) is 23.2 Å². The van der Waals surface area contributed by atoms with Gasteiger partial charge in [-0.2, -0.15) is 0 Å². The van der Waals surface area contributed by atoms with Crippen molar-refractivity contribution in [3.05, 3.63) is 23.5 Å². The fourth-order valence-electron chi connectivity index (χ4n) is 3.35. The lowest BCUT2D eigenvalue weighted by Crippen LogP contribution is -2.35. The topological polar surface area (TPSA) is 29.3 Å². The summed E-state index contributed by atoms with van der Waals surface area (Å²) in [5, 5.41) is 5.73. The predicted octanol–water partition coefficient (Wildman–Crippen LogP) is 3.74. The highest BCUT2D eigenvalue weighted by atomic mass is 32.1. The molecule has 0 aromatic carbocycles. The third-order valence-electron chi connectivity index (χ3n) is 4.47. The van der Waals surface area contributed by atoms with Crippen molar-refractivity contribution in [1.82, 2.24) is 14.7 Å². The molecule has 0 saturated heterocycles. The Morgan fingerprint density at radius 3 is 2.90 bits per heavy atom. The second-order valence-corrected chi connectivity index (χ2v) is 7.27. The smallest absolute Gasteiger partial charge is 0.193 e. The van der Waals surface area contributed by atoms with E-state index in [1.165, 1.54) is 37.9 Å². The van der Waals surface area contributed by atoms with Crippen LogP contribution in [0.25, 0.3) is 4.96 Å². The molecule has 1 N–H and O–H groups in total. The molecule has 4 heteroatoms. The summed E-state index contributed by atoms with van der Waals surface area (Å²) < 4.78 is 2.16. The molecule has 0 aliphatic heterocycles. The van der Waals surface area contributed by atoms with Gasteiger partial charge in [0.15, 0.2) is 4.96 Å². The first-order valence-electron chi connectivity index (χ1n) is 7.87. The zero-order valence-electron chi connectivity index (χ0n) is 12.5. The third-order valence-corrected chi connectivity index (χ3v) is 5.24. The highest BCUT2D eigenvalue weighted by molar-refractivity contribution is 7.15. The standard InChI is InChI=1S/C16H25N3S/c1-12(2)17-10-14-6-4-3-5-13(14)9-15-11-19-7-8-20-16(19)18-15/h7-8,11-14,17H,3-6,9-10H2,1-2H3. The first-order chi connectivity index (χ1) is 9.72. The summed E-state index contributed by atoms with van der Waals surface area (Å²) in [4.78, 5) is 5.89. The van der Waals surface area contributed by atoms with Gasteiger partial charge in [-0.25, -0.2) is 4.98 Å². The average Bonchev–Trinajstić information content (AvgIpc) is 2.98. The Hall–Kier alpha value is -0.870. The molecular weight excluding hydrogens is 266 g/mol. The van der Waals surface area contributed by atoms with Crippen molar-refractivity contribution in [2.45, 2.75) is 52.0 Å². The van der Waals surface area contributed by atoms with Crippen molar-refractivity contribution in [3.63, 3.8) is 0 Å². The predicted molar refractivity (Wildman–Crippen MR) is 85.4 cm³/mol. The van der Waals surface area contributed by atoms with Gasteiger partial charge >= 0.3 is 0 Å². The molecule has 0 amide bonds. The minimum Gasteiger partial charge on any atom is -0.314 e. The molecule has 2 aromatic heterocycles. The first kappa shape index (κ1) is 14.1. The second kappa shape index (κ2) is 6.27. The summed E-state index contributed by atoms with van der Waals surface area (Å²) in [5.74, 6) is 1.63. The van der Waals surface area contributed by atoms with Crippen LogP contribution in [0, 0.1) is 11.8 Å². The van der Waals surface area contributed by atoms with E-state index in [0.29, 0.717) is 6.04 Å². The van der Waals surface area contributed by atoms with Crippen LogP contribution in [0.1, 0.15) is 45.2 Å². The molecular formula is C16H25N3S. The van der Waals surface area contributed by atoms with Crippen molar-refractivity contribution >= 4 is 16.3 Å². The van der Waals surface area contributed by atoms with Crippen LogP contribution in [0.5, 0.6) is 0 Å². The maximum atomic E-state index is 4.76. The largest absolute Gasteiger partial charge is 0.314 e. The van der Waals surface area contributed by atoms with Crippen molar-refractivity contribution in [3.8, 4) is 0 Å². The number of rotatable bonds is 5. The molecule has 2 heterocycles. The Morgan fingerprint density at radius 1 is 1.35 bits per heavy atom. The number of aromatic nitrogens is 2. The molecule has 1 aliphatic carbocycles. The van der Waals surface area contributed by atoms with Crippen molar-refractivity contribution < 1.29 is 0 Å². The molecule has 2 aromatic rings. The van der Waals surface area contributed by atoms with Crippen LogP contribution < -0.4 is 5.32 Å². The monoisotopic (exact) mass is 291 g/mol. The summed E-state index contributed by atoms with van der Waals surface area (Å²) in [5.41, 5.74) is 1.28. The van der Waals surface area contributed by atoms with Crippen LogP contribution in [-0.4, -0.2) is 22.0 Å². The van der Waals surface area contributed by atoms with Crippen LogP contribution in [0.3, 0.4) is 0 Å². The number of nitrogens with one attached hydrogen (secondary N) is 1. The summed E-state index contributed by atoms with van der Waals surface area (Å²) in [6.45, 7) is 5.65. The van der Waals surface area contributed by atoms with E-state index >= 15 is 0 Å². The van der Waals surface area contributed by atoms with Gasteiger partial charge < -0.3 is 5.32 Å². The first-order valence-corrected chi connectivity index (χ1v) is 8.75. The summed E-state index contributed by atoms with van der Waals surface area (Å²) >= 11 is 1.72. The van der Waals surface area contributed by atoms with E-state index in [4.69, 9.17) is 4.98 Å². The van der Waals surface area contributed by atoms with Crippen LogP contribution in [0.4, 0.5) is 0 Å². The summed E-state index contributed by atoms with van der Waals surface area (Å²) in [7, 11) is 0. The van der Waals surface area contributed by atoms with Crippen molar-refractivity contribution in [2.24, 2.45) is 11.8 Å². The molecule has 1 saturated carbocycles. The van der Waals surface area contributed by atoms with Crippen molar-refractivity contribution in [2.75, 3.05) is 6.54 Å². The summed E-state index contributed by atoms with van der Waals surface area (Å²) in [6, 6.07) is 0.593. The molecule has 0 spiro atoms. The number of imidazole rings is 1. The molecule has 1 fully saturated rings. The Balaban J connectivity index is 1.65. The second-order valence-electron chi connectivity index (χ2n) is 6.40. The van der Waals surface area contributed by atoms with Gasteiger partial charge in [-0.15, -0.1) is 11.3 Å². The maximum absolute atomic E-state index is 4.76. The van der Waals surface area contributed by atoms with Gasteiger partial charge in [0, 0.05) is 23.8 Å². The molecule has 1 aliphatic rings. The quantitative estimate of drug-likeness (QED) is 0.909. The third kappa shape index (κ3) is 3.23. The highest BCUT2D eigenvalue weighted by Gasteiger charge is 2.26. The number of thiazole rings is 1. The molecule has 3 rings (SSSR count). The van der Waals surface area contributed by atoms with Gasteiger partial charge in [0.05, 0.1) is 5.69 Å². The molecule has 2 unspecified atom stereocenters. The van der Waals surface area contributed by atoms with Gasteiger partial charge in [-0.05, 0) is 37.6 Å². The van der Waals surface area contributed by atoms with Gasteiger partial charge in [0.2, 0.25) is 0 Å². The molecule has 3 nitrogen and oxygen atoms in total. The lowest BCUT2D eigenvalue weighted by atomic mass is 9.77. The highest BCUT2D eigenvalue weighted by Crippen LogP contribution is 2.32. The zero-order valence-corrected chi connectivity index (χ0v) is 13.3. The van der Waals surface area contributed by atoms with E-state index in [1.54, 1.807) is 11.3 Å². The van der Waals surface area contributed by atoms with Crippen molar-refractivity contribution in [1.29, 1.82) is 0 Å². The normalized spacial score (nSPS) is 23.8. The molecule has 0 radical (unpaired) electrons. The van der Waals surface area contributed by atoms with E-state index in [-0.39, 0.29) is 0 Å². The van der Waals surface area contributed by atoms with E-state index < -0.39 is 0 Å². The van der Waals surface area contributed by atoms with Crippen LogP contribution in [-0.2, 0) is 6.42 Å². The van der Waals surface area contributed by atoms with E-state index in [1.807, 2.05) is 0 Å². The average molecular weight is 291 g/mol. The van der Waals surface area contributed by atoms with Crippen LogP contribution in [0.15, 0.2) is 17.8 Å². The Labute approximate surface area is 125 Å². The number of hydrogen-bond acceptors (Lipinski definition) is 3. The van der Waals surface area contributed by atoms with E-state index in [9.17, 15) is 0 Å². The minimum absolute atomic E-state index is 0.593. The molecule has 110 valence electrons. The number of fused-ring (bicyclic) bond motifs is 1. The Morgan fingerprint density at radius 2 is 2.15 bits per heavy atom. The van der Waals surface area contributed by atoms with Gasteiger partial charge in [-0.3, -0.25) is 4.40 Å². The fourth-order valence-corrected chi connectivity index (χ4v) is 4.07. The molecule has 0 bridgehead atoms.